The van der Waals surface area contributed by atoms with E-state index >= 15 is 0 Å². The molecule has 0 saturated heterocycles. The predicted octanol–water partition coefficient (Wildman–Crippen LogP) is 5.38. The molecule has 0 aliphatic rings. The fourth-order valence-corrected chi connectivity index (χ4v) is 2.93. The van der Waals surface area contributed by atoms with Crippen molar-refractivity contribution in [1.29, 1.82) is 0 Å². The summed E-state index contributed by atoms with van der Waals surface area (Å²) in [5, 5.41) is 6.55. The molecule has 2 aromatic carbocycles. The summed E-state index contributed by atoms with van der Waals surface area (Å²) < 4.78 is 13.8. The fourth-order valence-electron chi connectivity index (χ4n) is 2.77. The van der Waals surface area contributed by atoms with Crippen LogP contribution in [0.4, 0.5) is 10.1 Å². The van der Waals surface area contributed by atoms with Gasteiger partial charge in [-0.1, -0.05) is 35.9 Å². The smallest absolute Gasteiger partial charge is 0.244 e. The lowest BCUT2D eigenvalue weighted by Crippen LogP contribution is -2.24. The van der Waals surface area contributed by atoms with Gasteiger partial charge in [0, 0.05) is 41.3 Å². The summed E-state index contributed by atoms with van der Waals surface area (Å²) in [6, 6.07) is 15.9. The van der Waals surface area contributed by atoms with E-state index in [1.54, 1.807) is 12.3 Å². The minimum Gasteiger partial charge on any atom is -0.381 e. The summed E-state index contributed by atoms with van der Waals surface area (Å²) in [6.07, 6.45) is 6.30. The zero-order valence-electron chi connectivity index (χ0n) is 15.9. The number of halogens is 2. The second-order valence-corrected chi connectivity index (χ2v) is 7.01. The van der Waals surface area contributed by atoms with Crippen LogP contribution in [-0.4, -0.2) is 10.9 Å². The van der Waals surface area contributed by atoms with Crippen molar-refractivity contribution in [2.45, 2.75) is 19.5 Å². The Hall–Kier alpha value is -3.18. The molecule has 1 atom stereocenters. The molecule has 3 aromatic rings. The van der Waals surface area contributed by atoms with E-state index in [0.29, 0.717) is 17.1 Å². The van der Waals surface area contributed by atoms with E-state index in [0.717, 1.165) is 16.8 Å². The van der Waals surface area contributed by atoms with Gasteiger partial charge in [-0.15, -0.1) is 0 Å². The average Bonchev–Trinajstić information content (AvgIpc) is 2.72. The van der Waals surface area contributed by atoms with Crippen LogP contribution in [0.2, 0.25) is 5.02 Å². The second kappa shape index (κ2) is 9.85. The quantitative estimate of drug-likeness (QED) is 0.515. The number of rotatable bonds is 7. The van der Waals surface area contributed by atoms with E-state index < -0.39 is 5.82 Å². The molecule has 1 amide bonds. The molecule has 148 valence electrons. The molecule has 0 aliphatic carbocycles. The largest absolute Gasteiger partial charge is 0.381 e. The van der Waals surface area contributed by atoms with Crippen molar-refractivity contribution in [2.24, 2.45) is 0 Å². The molecule has 0 fully saturated rings. The third-order valence-corrected chi connectivity index (χ3v) is 4.58. The van der Waals surface area contributed by atoms with Gasteiger partial charge in [-0.05, 0) is 54.5 Å². The van der Waals surface area contributed by atoms with E-state index in [9.17, 15) is 9.18 Å². The first-order valence-electron chi connectivity index (χ1n) is 9.17. The molecule has 4 nitrogen and oxygen atoms in total. The first-order chi connectivity index (χ1) is 14.0. The van der Waals surface area contributed by atoms with Crippen LogP contribution in [-0.2, 0) is 11.3 Å². The second-order valence-electron chi connectivity index (χ2n) is 6.57. The lowest BCUT2D eigenvalue weighted by Gasteiger charge is -2.15. The first-order valence-corrected chi connectivity index (χ1v) is 9.55. The van der Waals surface area contributed by atoms with Crippen molar-refractivity contribution in [1.82, 2.24) is 10.3 Å². The van der Waals surface area contributed by atoms with E-state index in [1.165, 1.54) is 24.3 Å². The number of nitrogens with zero attached hydrogens (tertiary/aromatic N) is 1. The van der Waals surface area contributed by atoms with Crippen molar-refractivity contribution >= 4 is 29.3 Å². The van der Waals surface area contributed by atoms with Crippen molar-refractivity contribution in [3.8, 4) is 0 Å². The molecular formula is C23H21ClFN3O. The average molecular weight is 410 g/mol. The van der Waals surface area contributed by atoms with Crippen LogP contribution in [0.1, 0.15) is 29.7 Å². The minimum absolute atomic E-state index is 0.206. The molecule has 29 heavy (non-hydrogen) atoms. The number of nitrogens with one attached hydrogen (secondary N) is 2. The highest BCUT2D eigenvalue weighted by Crippen LogP contribution is 2.19. The van der Waals surface area contributed by atoms with Crippen molar-refractivity contribution < 1.29 is 9.18 Å². The lowest BCUT2D eigenvalue weighted by atomic mass is 10.1. The molecule has 1 unspecified atom stereocenters. The highest BCUT2D eigenvalue weighted by molar-refractivity contribution is 6.30. The van der Waals surface area contributed by atoms with Gasteiger partial charge in [0.2, 0.25) is 5.91 Å². The van der Waals surface area contributed by atoms with Gasteiger partial charge < -0.3 is 10.6 Å². The predicted molar refractivity (Wildman–Crippen MR) is 115 cm³/mol. The van der Waals surface area contributed by atoms with Gasteiger partial charge in [-0.2, -0.15) is 0 Å². The van der Waals surface area contributed by atoms with Gasteiger partial charge in [-0.3, -0.25) is 9.78 Å². The maximum absolute atomic E-state index is 13.8. The molecule has 0 aliphatic heterocycles. The van der Waals surface area contributed by atoms with E-state index in [1.807, 2.05) is 49.5 Å². The Kier molecular flexibility index (Phi) is 6.98. The molecule has 0 bridgehead atoms. The van der Waals surface area contributed by atoms with Crippen molar-refractivity contribution in [3.63, 3.8) is 0 Å². The minimum atomic E-state index is -0.470. The van der Waals surface area contributed by atoms with Crippen LogP contribution in [0, 0.1) is 5.82 Å². The van der Waals surface area contributed by atoms with E-state index in [-0.39, 0.29) is 11.9 Å². The first kappa shape index (κ1) is 20.6. The highest BCUT2D eigenvalue weighted by Gasteiger charge is 2.09. The molecule has 6 heteroatoms. The van der Waals surface area contributed by atoms with E-state index in [4.69, 9.17) is 11.6 Å². The van der Waals surface area contributed by atoms with Crippen LogP contribution in [0.25, 0.3) is 6.08 Å². The topological polar surface area (TPSA) is 54.0 Å². The van der Waals surface area contributed by atoms with Crippen LogP contribution in [0.5, 0.6) is 0 Å². The number of aromatic nitrogens is 1. The molecule has 1 aromatic heterocycles. The zero-order valence-corrected chi connectivity index (χ0v) is 16.7. The summed E-state index contributed by atoms with van der Waals surface area (Å²) in [5.41, 5.74) is 3.30. The maximum Gasteiger partial charge on any atom is 0.244 e. The number of carbonyl (C=O) groups is 1. The molecular weight excluding hydrogens is 389 g/mol. The number of hydrogen-bond donors (Lipinski definition) is 2. The van der Waals surface area contributed by atoms with Crippen molar-refractivity contribution in [2.75, 3.05) is 5.32 Å². The Balaban J connectivity index is 1.59. The lowest BCUT2D eigenvalue weighted by molar-refractivity contribution is -0.117. The van der Waals surface area contributed by atoms with Gasteiger partial charge in [0.15, 0.2) is 0 Å². The normalized spacial score (nSPS) is 12.0. The number of benzene rings is 2. The van der Waals surface area contributed by atoms with Crippen LogP contribution >= 0.6 is 11.6 Å². The van der Waals surface area contributed by atoms with Crippen LogP contribution in [0.15, 0.2) is 73.1 Å². The summed E-state index contributed by atoms with van der Waals surface area (Å²) in [7, 11) is 0. The van der Waals surface area contributed by atoms with Gasteiger partial charge in [-0.25, -0.2) is 4.39 Å². The Labute approximate surface area is 174 Å². The SMILES string of the molecule is CC(NC(=O)C=Cc1ccc(Cl)cc1F)c1cccc(NCc2cccnc2)c1. The molecule has 0 saturated carbocycles. The van der Waals surface area contributed by atoms with Gasteiger partial charge in [0.1, 0.15) is 5.82 Å². The number of carbonyl (C=O) groups excluding carboxylic acids is 1. The summed E-state index contributed by atoms with van der Waals surface area (Å²) in [4.78, 5) is 16.3. The number of hydrogen-bond acceptors (Lipinski definition) is 3. The van der Waals surface area contributed by atoms with Crippen molar-refractivity contribution in [3.05, 3.63) is 101 Å². The van der Waals surface area contributed by atoms with Gasteiger partial charge in [0.05, 0.1) is 6.04 Å². The Bertz CT molecular complexity index is 1010. The number of anilines is 1. The molecule has 0 radical (unpaired) electrons. The summed E-state index contributed by atoms with van der Waals surface area (Å²) in [5.74, 6) is -0.775. The van der Waals surface area contributed by atoms with Crippen LogP contribution < -0.4 is 10.6 Å². The van der Waals surface area contributed by atoms with Gasteiger partial charge >= 0.3 is 0 Å². The highest BCUT2D eigenvalue weighted by atomic mass is 35.5. The molecule has 3 rings (SSSR count). The molecule has 0 spiro atoms. The zero-order chi connectivity index (χ0) is 20.6. The Morgan fingerprint density at radius 2 is 2.07 bits per heavy atom. The maximum atomic E-state index is 13.8. The van der Waals surface area contributed by atoms with Crippen LogP contribution in [0.3, 0.4) is 0 Å². The molecule has 2 N–H and O–H groups in total. The monoisotopic (exact) mass is 409 g/mol. The third kappa shape index (κ3) is 6.16. The summed E-state index contributed by atoms with van der Waals surface area (Å²) >= 11 is 5.73. The van der Waals surface area contributed by atoms with E-state index in [2.05, 4.69) is 15.6 Å². The molecule has 1 heterocycles. The number of pyridine rings is 1. The Morgan fingerprint density at radius 1 is 1.21 bits per heavy atom. The standard InChI is InChI=1S/C23H21ClFN3O/c1-16(28-23(29)10-8-18-7-9-20(24)13-22(18)25)19-5-2-6-21(12-19)27-15-17-4-3-11-26-14-17/h2-14,16,27H,15H2,1H3,(H,28,29). The third-order valence-electron chi connectivity index (χ3n) is 4.34. The summed E-state index contributed by atoms with van der Waals surface area (Å²) in [6.45, 7) is 2.56. The number of amides is 1. The fraction of sp³-hybridized carbons (Fsp3) is 0.130. The van der Waals surface area contributed by atoms with Gasteiger partial charge in [0.25, 0.3) is 0 Å². The Morgan fingerprint density at radius 3 is 2.83 bits per heavy atom.